The highest BCUT2D eigenvalue weighted by Crippen LogP contribution is 2.29. The molecule has 0 radical (unpaired) electrons. The zero-order chi connectivity index (χ0) is 18.6. The first-order valence-electron chi connectivity index (χ1n) is 8.96. The first-order chi connectivity index (χ1) is 12.5. The van der Waals surface area contributed by atoms with Gasteiger partial charge in [0.15, 0.2) is 0 Å². The van der Waals surface area contributed by atoms with E-state index in [1.165, 1.54) is 6.07 Å². The van der Waals surface area contributed by atoms with Gasteiger partial charge in [-0.3, -0.25) is 4.84 Å². The number of halogens is 2. The van der Waals surface area contributed by atoms with Crippen molar-refractivity contribution in [3.8, 4) is 0 Å². The molecule has 0 atom stereocenters. The minimum atomic E-state index is -0.507. The number of ether oxygens (including phenoxy) is 1. The third kappa shape index (κ3) is 4.69. The zero-order valence-corrected chi connectivity index (χ0v) is 15.2. The molecule has 0 spiro atoms. The van der Waals surface area contributed by atoms with Crippen LogP contribution < -0.4 is 5.32 Å². The van der Waals surface area contributed by atoms with Gasteiger partial charge in [-0.05, 0) is 49.1 Å². The van der Waals surface area contributed by atoms with Gasteiger partial charge in [-0.25, -0.2) is 8.78 Å². The fraction of sp³-hybridized carbons (Fsp3) is 0.500. The standard InChI is InChI=1S/C20H26F2N2O2/c1-15(12-21)5-8-23-17-3-4-19(22)18(11-17)16-6-9-24(10-7-16)26-20(2)13-25-14-20/h3-4,6,11,23H,1,5,7-10,12-14H2,2H3. The summed E-state index contributed by atoms with van der Waals surface area (Å²) in [5, 5.41) is 5.11. The molecule has 1 aromatic rings. The van der Waals surface area contributed by atoms with Crippen molar-refractivity contribution in [2.75, 3.05) is 44.8 Å². The number of anilines is 1. The van der Waals surface area contributed by atoms with Gasteiger partial charge in [0.1, 0.15) is 18.1 Å². The number of nitrogens with zero attached hydrogens (tertiary/aromatic N) is 1. The van der Waals surface area contributed by atoms with E-state index < -0.39 is 6.67 Å². The lowest BCUT2D eigenvalue weighted by atomic mass is 9.99. The van der Waals surface area contributed by atoms with Gasteiger partial charge in [-0.1, -0.05) is 12.7 Å². The quantitative estimate of drug-likeness (QED) is 0.708. The van der Waals surface area contributed by atoms with Gasteiger partial charge in [0.2, 0.25) is 0 Å². The van der Waals surface area contributed by atoms with E-state index in [-0.39, 0.29) is 11.4 Å². The third-order valence-corrected chi connectivity index (χ3v) is 4.65. The van der Waals surface area contributed by atoms with E-state index in [9.17, 15) is 8.78 Å². The predicted molar refractivity (Wildman–Crippen MR) is 99.1 cm³/mol. The van der Waals surface area contributed by atoms with Gasteiger partial charge in [0.25, 0.3) is 0 Å². The molecule has 4 nitrogen and oxygen atoms in total. The van der Waals surface area contributed by atoms with Gasteiger partial charge < -0.3 is 10.1 Å². The molecule has 26 heavy (non-hydrogen) atoms. The van der Waals surface area contributed by atoms with Crippen LogP contribution in [-0.2, 0) is 9.57 Å². The molecule has 6 heteroatoms. The second-order valence-electron chi connectivity index (χ2n) is 7.16. The van der Waals surface area contributed by atoms with Crippen molar-refractivity contribution >= 4 is 11.3 Å². The molecule has 2 heterocycles. The summed E-state index contributed by atoms with van der Waals surface area (Å²) < 4.78 is 31.9. The van der Waals surface area contributed by atoms with E-state index >= 15 is 0 Å². The van der Waals surface area contributed by atoms with E-state index in [1.807, 2.05) is 24.1 Å². The molecule has 3 rings (SSSR count). The minimum Gasteiger partial charge on any atom is -0.385 e. The van der Waals surface area contributed by atoms with E-state index in [1.54, 1.807) is 6.07 Å². The Morgan fingerprint density at radius 2 is 2.23 bits per heavy atom. The Kier molecular flexibility index (Phi) is 6.06. The number of nitrogens with one attached hydrogen (secondary N) is 1. The number of hydroxylamine groups is 2. The molecule has 1 N–H and O–H groups in total. The fourth-order valence-electron chi connectivity index (χ4n) is 3.06. The molecule has 1 fully saturated rings. The molecule has 1 saturated heterocycles. The largest absolute Gasteiger partial charge is 0.385 e. The summed E-state index contributed by atoms with van der Waals surface area (Å²) in [6.45, 7) is 8.30. The SMILES string of the molecule is C=C(CF)CCNc1ccc(F)c(C2=CCN(OC3(C)COC3)CC2)c1. The maximum absolute atomic E-state index is 14.3. The maximum atomic E-state index is 14.3. The van der Waals surface area contributed by atoms with Crippen LogP contribution in [0.25, 0.3) is 5.57 Å². The van der Waals surface area contributed by atoms with Crippen LogP contribution in [0.4, 0.5) is 14.5 Å². The van der Waals surface area contributed by atoms with Crippen LogP contribution in [0.2, 0.25) is 0 Å². The van der Waals surface area contributed by atoms with Crippen LogP contribution >= 0.6 is 0 Å². The second-order valence-corrected chi connectivity index (χ2v) is 7.16. The highest BCUT2D eigenvalue weighted by atomic mass is 19.1. The smallest absolute Gasteiger partial charge is 0.133 e. The third-order valence-electron chi connectivity index (χ3n) is 4.65. The van der Waals surface area contributed by atoms with Gasteiger partial charge in [0.05, 0.1) is 13.2 Å². The van der Waals surface area contributed by atoms with Crippen molar-refractivity contribution in [2.24, 2.45) is 0 Å². The summed E-state index contributed by atoms with van der Waals surface area (Å²) in [7, 11) is 0. The van der Waals surface area contributed by atoms with Gasteiger partial charge in [0, 0.05) is 30.9 Å². The number of hydrogen-bond donors (Lipinski definition) is 1. The topological polar surface area (TPSA) is 33.7 Å². The van der Waals surface area contributed by atoms with Gasteiger partial charge in [-0.2, -0.15) is 5.06 Å². The molecule has 0 bridgehead atoms. The molecular formula is C20H26F2N2O2. The highest BCUT2D eigenvalue weighted by molar-refractivity contribution is 5.70. The van der Waals surface area contributed by atoms with Crippen LogP contribution in [0.3, 0.4) is 0 Å². The zero-order valence-electron chi connectivity index (χ0n) is 15.2. The van der Waals surface area contributed by atoms with Crippen molar-refractivity contribution in [2.45, 2.75) is 25.4 Å². The molecule has 142 valence electrons. The highest BCUT2D eigenvalue weighted by Gasteiger charge is 2.37. The van der Waals surface area contributed by atoms with Crippen LogP contribution in [0.1, 0.15) is 25.3 Å². The van der Waals surface area contributed by atoms with Crippen LogP contribution in [0, 0.1) is 5.82 Å². The average Bonchev–Trinajstić information content (AvgIpc) is 2.62. The van der Waals surface area contributed by atoms with E-state index in [2.05, 4.69) is 11.9 Å². The van der Waals surface area contributed by atoms with Crippen LogP contribution in [0.5, 0.6) is 0 Å². The lowest BCUT2D eigenvalue weighted by Gasteiger charge is -2.41. The first-order valence-corrected chi connectivity index (χ1v) is 8.96. The summed E-state index contributed by atoms with van der Waals surface area (Å²) >= 11 is 0. The van der Waals surface area contributed by atoms with Crippen molar-refractivity contribution in [1.82, 2.24) is 5.06 Å². The molecule has 2 aliphatic heterocycles. The monoisotopic (exact) mass is 364 g/mol. The van der Waals surface area contributed by atoms with Crippen molar-refractivity contribution in [1.29, 1.82) is 0 Å². The molecule has 2 aliphatic rings. The maximum Gasteiger partial charge on any atom is 0.133 e. The minimum absolute atomic E-state index is 0.232. The molecule has 0 amide bonds. The van der Waals surface area contributed by atoms with E-state index in [0.29, 0.717) is 43.9 Å². The molecule has 0 unspecified atom stereocenters. The first kappa shape index (κ1) is 19.0. The summed E-state index contributed by atoms with van der Waals surface area (Å²) in [6, 6.07) is 4.99. The number of rotatable bonds is 8. The Morgan fingerprint density at radius 1 is 1.42 bits per heavy atom. The molecule has 1 aromatic carbocycles. The van der Waals surface area contributed by atoms with Crippen LogP contribution in [-0.4, -0.2) is 50.2 Å². The lowest BCUT2D eigenvalue weighted by Crippen LogP contribution is -2.53. The van der Waals surface area contributed by atoms with Gasteiger partial charge in [-0.15, -0.1) is 0 Å². The molecule has 0 aliphatic carbocycles. The molecular weight excluding hydrogens is 338 g/mol. The lowest BCUT2D eigenvalue weighted by molar-refractivity contribution is -0.308. The Morgan fingerprint density at radius 3 is 2.85 bits per heavy atom. The number of benzene rings is 1. The Balaban J connectivity index is 1.60. The fourth-order valence-corrected chi connectivity index (χ4v) is 3.06. The predicted octanol–water partition coefficient (Wildman–Crippen LogP) is 3.96. The second kappa shape index (κ2) is 8.29. The molecule has 0 aromatic heterocycles. The van der Waals surface area contributed by atoms with Gasteiger partial charge >= 0.3 is 0 Å². The van der Waals surface area contributed by atoms with Crippen LogP contribution in [0.15, 0.2) is 36.4 Å². The Bertz CT molecular complexity index is 686. The normalized spacial score (nSPS) is 19.6. The van der Waals surface area contributed by atoms with Crippen molar-refractivity contribution in [3.63, 3.8) is 0 Å². The molecule has 0 saturated carbocycles. The Hall–Kier alpha value is -1.76. The van der Waals surface area contributed by atoms with Crippen molar-refractivity contribution in [3.05, 3.63) is 47.8 Å². The summed E-state index contributed by atoms with van der Waals surface area (Å²) in [5.41, 5.74) is 2.74. The summed E-state index contributed by atoms with van der Waals surface area (Å²) in [4.78, 5) is 5.96. The average molecular weight is 364 g/mol. The number of alkyl halides is 1. The van der Waals surface area contributed by atoms with E-state index in [0.717, 1.165) is 24.2 Å². The summed E-state index contributed by atoms with van der Waals surface area (Å²) in [5.74, 6) is -0.233. The van der Waals surface area contributed by atoms with E-state index in [4.69, 9.17) is 9.57 Å². The summed E-state index contributed by atoms with van der Waals surface area (Å²) in [6.07, 6.45) is 3.29. The Labute approximate surface area is 153 Å². The van der Waals surface area contributed by atoms with Crippen molar-refractivity contribution < 1.29 is 18.4 Å². The number of hydrogen-bond acceptors (Lipinski definition) is 4.